The first-order valence-electron chi connectivity index (χ1n) is 7.89. The topological polar surface area (TPSA) is 15.3 Å². The van der Waals surface area contributed by atoms with Crippen LogP contribution >= 0.6 is 0 Å². The van der Waals surface area contributed by atoms with Crippen LogP contribution in [0.4, 0.5) is 0 Å². The van der Waals surface area contributed by atoms with E-state index in [0.717, 1.165) is 17.9 Å². The predicted octanol–water partition coefficient (Wildman–Crippen LogP) is 3.27. The molecular formula is C16H32N2. The molecule has 0 bridgehead atoms. The largest absolute Gasteiger partial charge is 0.315 e. The van der Waals surface area contributed by atoms with Gasteiger partial charge in [-0.05, 0) is 71.4 Å². The normalized spacial score (nSPS) is 37.3. The van der Waals surface area contributed by atoms with E-state index in [9.17, 15) is 0 Å². The van der Waals surface area contributed by atoms with Crippen LogP contribution in [0.15, 0.2) is 0 Å². The van der Waals surface area contributed by atoms with E-state index in [0.29, 0.717) is 11.6 Å². The van der Waals surface area contributed by atoms with Gasteiger partial charge in [-0.1, -0.05) is 13.8 Å². The summed E-state index contributed by atoms with van der Waals surface area (Å²) in [7, 11) is 2.15. The smallest absolute Gasteiger partial charge is 0.0257 e. The second-order valence-electron chi connectivity index (χ2n) is 7.39. The molecule has 0 aromatic carbocycles. The predicted molar refractivity (Wildman–Crippen MR) is 78.8 cm³/mol. The van der Waals surface area contributed by atoms with E-state index in [2.05, 4.69) is 45.0 Å². The molecule has 3 atom stereocenters. The standard InChI is InChI=1S/C16H32N2/c1-12(2)13-7-8-14(17-5)15(11-13)18-10-6-9-16(18,3)4/h12-15,17H,6-11H2,1-5H3. The summed E-state index contributed by atoms with van der Waals surface area (Å²) >= 11 is 0. The molecule has 1 aliphatic heterocycles. The Bertz CT molecular complexity index is 272. The van der Waals surface area contributed by atoms with Crippen molar-refractivity contribution in [2.45, 2.75) is 77.4 Å². The molecule has 0 aromatic rings. The third kappa shape index (κ3) is 2.75. The van der Waals surface area contributed by atoms with Gasteiger partial charge in [0.1, 0.15) is 0 Å². The molecule has 1 aliphatic carbocycles. The number of nitrogens with one attached hydrogen (secondary N) is 1. The minimum atomic E-state index is 0.415. The van der Waals surface area contributed by atoms with Gasteiger partial charge in [0.25, 0.3) is 0 Å². The Kier molecular flexibility index (Phi) is 4.38. The lowest BCUT2D eigenvalue weighted by Gasteiger charge is -2.47. The second kappa shape index (κ2) is 5.50. The summed E-state index contributed by atoms with van der Waals surface area (Å²) in [5.74, 6) is 1.77. The molecule has 0 aromatic heterocycles. The van der Waals surface area contributed by atoms with E-state index in [-0.39, 0.29) is 0 Å². The summed E-state index contributed by atoms with van der Waals surface area (Å²) < 4.78 is 0. The zero-order chi connectivity index (χ0) is 13.3. The highest BCUT2D eigenvalue weighted by atomic mass is 15.3. The minimum absolute atomic E-state index is 0.415. The highest BCUT2D eigenvalue weighted by molar-refractivity contribution is 4.99. The van der Waals surface area contributed by atoms with Gasteiger partial charge in [0.2, 0.25) is 0 Å². The van der Waals surface area contributed by atoms with E-state index in [1.54, 1.807) is 0 Å². The van der Waals surface area contributed by atoms with Gasteiger partial charge in [0, 0.05) is 17.6 Å². The summed E-state index contributed by atoms with van der Waals surface area (Å²) in [5, 5.41) is 3.59. The molecule has 2 nitrogen and oxygen atoms in total. The summed E-state index contributed by atoms with van der Waals surface area (Å²) in [6.07, 6.45) is 6.91. The summed E-state index contributed by atoms with van der Waals surface area (Å²) in [4.78, 5) is 2.81. The highest BCUT2D eigenvalue weighted by Crippen LogP contribution is 2.39. The maximum Gasteiger partial charge on any atom is 0.0257 e. The lowest BCUT2D eigenvalue weighted by Crippen LogP contribution is -2.57. The quantitative estimate of drug-likeness (QED) is 0.829. The number of likely N-dealkylation sites (N-methyl/N-ethyl adjacent to an activating group) is 1. The van der Waals surface area contributed by atoms with Crippen molar-refractivity contribution in [3.63, 3.8) is 0 Å². The van der Waals surface area contributed by atoms with Gasteiger partial charge in [0.15, 0.2) is 0 Å². The van der Waals surface area contributed by atoms with Crippen molar-refractivity contribution >= 4 is 0 Å². The molecule has 2 rings (SSSR count). The van der Waals surface area contributed by atoms with Crippen LogP contribution in [0.5, 0.6) is 0 Å². The van der Waals surface area contributed by atoms with E-state index in [4.69, 9.17) is 0 Å². The van der Waals surface area contributed by atoms with Crippen LogP contribution in [0.2, 0.25) is 0 Å². The van der Waals surface area contributed by atoms with Crippen LogP contribution in [0.1, 0.15) is 59.8 Å². The van der Waals surface area contributed by atoms with Crippen molar-refractivity contribution in [1.29, 1.82) is 0 Å². The molecule has 106 valence electrons. The molecule has 0 spiro atoms. The third-order valence-electron chi connectivity index (χ3n) is 5.54. The summed E-state index contributed by atoms with van der Waals surface area (Å²) in [6.45, 7) is 11.0. The second-order valence-corrected chi connectivity index (χ2v) is 7.39. The van der Waals surface area contributed by atoms with Crippen LogP contribution in [0.25, 0.3) is 0 Å². The van der Waals surface area contributed by atoms with Gasteiger partial charge in [-0.15, -0.1) is 0 Å². The number of hydrogen-bond acceptors (Lipinski definition) is 2. The van der Waals surface area contributed by atoms with Crippen molar-refractivity contribution in [3.05, 3.63) is 0 Å². The fourth-order valence-electron chi connectivity index (χ4n) is 4.21. The van der Waals surface area contributed by atoms with Gasteiger partial charge in [-0.3, -0.25) is 4.90 Å². The Morgan fingerprint density at radius 3 is 2.44 bits per heavy atom. The summed E-state index contributed by atoms with van der Waals surface area (Å²) in [6, 6.07) is 1.46. The van der Waals surface area contributed by atoms with Gasteiger partial charge in [-0.2, -0.15) is 0 Å². The van der Waals surface area contributed by atoms with Crippen molar-refractivity contribution in [1.82, 2.24) is 10.2 Å². The van der Waals surface area contributed by atoms with E-state index < -0.39 is 0 Å². The van der Waals surface area contributed by atoms with Gasteiger partial charge < -0.3 is 5.32 Å². The third-order valence-corrected chi connectivity index (χ3v) is 5.54. The fraction of sp³-hybridized carbons (Fsp3) is 1.00. The van der Waals surface area contributed by atoms with Crippen molar-refractivity contribution in [3.8, 4) is 0 Å². The zero-order valence-electron chi connectivity index (χ0n) is 13.0. The van der Waals surface area contributed by atoms with Gasteiger partial charge >= 0.3 is 0 Å². The van der Waals surface area contributed by atoms with Gasteiger partial charge in [-0.25, -0.2) is 0 Å². The van der Waals surface area contributed by atoms with Crippen LogP contribution < -0.4 is 5.32 Å². The van der Waals surface area contributed by atoms with Crippen molar-refractivity contribution in [2.75, 3.05) is 13.6 Å². The Hall–Kier alpha value is -0.0800. The molecule has 18 heavy (non-hydrogen) atoms. The Labute approximate surface area is 114 Å². The Morgan fingerprint density at radius 1 is 1.22 bits per heavy atom. The van der Waals surface area contributed by atoms with Crippen molar-refractivity contribution < 1.29 is 0 Å². The highest BCUT2D eigenvalue weighted by Gasteiger charge is 2.42. The van der Waals surface area contributed by atoms with Crippen LogP contribution in [0.3, 0.4) is 0 Å². The lowest BCUT2D eigenvalue weighted by atomic mass is 9.75. The molecule has 0 amide bonds. The first-order valence-corrected chi connectivity index (χ1v) is 7.89. The van der Waals surface area contributed by atoms with E-state index in [1.807, 2.05) is 0 Å². The first kappa shape index (κ1) is 14.3. The fourth-order valence-corrected chi connectivity index (χ4v) is 4.21. The Balaban J connectivity index is 2.11. The SMILES string of the molecule is CNC1CCC(C(C)C)CC1N1CCCC1(C)C. The summed E-state index contributed by atoms with van der Waals surface area (Å²) in [5.41, 5.74) is 0.415. The molecule has 2 heteroatoms. The van der Waals surface area contributed by atoms with Gasteiger partial charge in [0.05, 0.1) is 0 Å². The molecule has 3 unspecified atom stereocenters. The number of nitrogens with zero attached hydrogens (tertiary/aromatic N) is 1. The average molecular weight is 252 g/mol. The molecule has 2 aliphatic rings. The molecule has 1 saturated carbocycles. The van der Waals surface area contributed by atoms with Crippen LogP contribution in [-0.4, -0.2) is 36.1 Å². The molecular weight excluding hydrogens is 220 g/mol. The number of hydrogen-bond donors (Lipinski definition) is 1. The first-order chi connectivity index (χ1) is 8.45. The maximum atomic E-state index is 3.59. The molecule has 1 N–H and O–H groups in total. The number of likely N-dealkylation sites (tertiary alicyclic amines) is 1. The molecule has 0 radical (unpaired) electrons. The maximum absolute atomic E-state index is 3.59. The Morgan fingerprint density at radius 2 is 1.94 bits per heavy atom. The zero-order valence-corrected chi connectivity index (χ0v) is 13.0. The molecule has 2 fully saturated rings. The lowest BCUT2D eigenvalue weighted by molar-refractivity contribution is 0.0423. The van der Waals surface area contributed by atoms with Crippen LogP contribution in [0, 0.1) is 11.8 Å². The molecule has 1 saturated heterocycles. The van der Waals surface area contributed by atoms with E-state index >= 15 is 0 Å². The van der Waals surface area contributed by atoms with Crippen LogP contribution in [-0.2, 0) is 0 Å². The monoisotopic (exact) mass is 252 g/mol. The van der Waals surface area contributed by atoms with Crippen molar-refractivity contribution in [2.24, 2.45) is 11.8 Å². The average Bonchev–Trinajstić information content (AvgIpc) is 2.67. The van der Waals surface area contributed by atoms with E-state index in [1.165, 1.54) is 38.6 Å². The molecule has 1 heterocycles. The number of rotatable bonds is 3. The minimum Gasteiger partial charge on any atom is -0.315 e.